The maximum Gasteiger partial charge on any atom is 0.251 e. The molecule has 0 saturated carbocycles. The first-order valence-corrected chi connectivity index (χ1v) is 7.46. The fraction of sp³-hybridized carbons (Fsp3) is 0.176. The quantitative estimate of drug-likeness (QED) is 0.785. The Morgan fingerprint density at radius 1 is 1.17 bits per heavy atom. The monoisotopic (exact) mass is 305 g/mol. The minimum absolute atomic E-state index is 0.0200. The van der Waals surface area contributed by atoms with E-state index in [9.17, 15) is 4.79 Å². The van der Waals surface area contributed by atoms with Crippen molar-refractivity contribution in [3.63, 3.8) is 0 Å². The maximum atomic E-state index is 12.0. The Kier molecular flexibility index (Phi) is 3.15. The number of aryl methyl sites for hydroxylation is 1. The van der Waals surface area contributed by atoms with Crippen molar-refractivity contribution in [3.05, 3.63) is 59.9 Å². The zero-order valence-corrected chi connectivity index (χ0v) is 12.7. The van der Waals surface area contributed by atoms with Gasteiger partial charge in [-0.05, 0) is 31.0 Å². The second-order valence-electron chi connectivity index (χ2n) is 5.49. The van der Waals surface area contributed by atoms with E-state index >= 15 is 0 Å². The standard InChI is InChI=1S/C17H15N5O/c1-11-20-9-13(10-21-11)16-18-6-7-22(16)14-3-2-12-4-5-19-17(23)15(12)8-14/h2-3,6-10H,4-5H2,1H3,(H,19,23). The van der Waals surface area contributed by atoms with Crippen molar-refractivity contribution >= 4 is 5.91 Å². The van der Waals surface area contributed by atoms with Crippen LogP contribution in [0.1, 0.15) is 21.7 Å². The molecule has 0 fully saturated rings. The molecule has 23 heavy (non-hydrogen) atoms. The number of benzene rings is 1. The number of rotatable bonds is 2. The van der Waals surface area contributed by atoms with Gasteiger partial charge in [-0.3, -0.25) is 9.36 Å². The summed E-state index contributed by atoms with van der Waals surface area (Å²) in [6, 6.07) is 5.93. The highest BCUT2D eigenvalue weighted by atomic mass is 16.1. The molecule has 4 rings (SSSR count). The van der Waals surface area contributed by atoms with Crippen molar-refractivity contribution in [1.29, 1.82) is 0 Å². The average Bonchev–Trinajstić information content (AvgIpc) is 3.05. The Balaban J connectivity index is 1.80. The summed E-state index contributed by atoms with van der Waals surface area (Å²) in [6.45, 7) is 2.54. The van der Waals surface area contributed by atoms with Gasteiger partial charge in [-0.1, -0.05) is 6.07 Å². The van der Waals surface area contributed by atoms with Gasteiger partial charge < -0.3 is 5.32 Å². The lowest BCUT2D eigenvalue weighted by Crippen LogP contribution is -2.31. The normalized spacial score (nSPS) is 13.5. The topological polar surface area (TPSA) is 72.7 Å². The predicted octanol–water partition coefficient (Wildman–Crippen LogP) is 1.92. The van der Waals surface area contributed by atoms with Crippen LogP contribution in [0.2, 0.25) is 0 Å². The number of carbonyl (C=O) groups excluding carboxylic acids is 1. The van der Waals surface area contributed by atoms with Gasteiger partial charge in [0.15, 0.2) is 0 Å². The molecule has 1 aliphatic heterocycles. The molecule has 0 saturated heterocycles. The third-order valence-corrected chi connectivity index (χ3v) is 3.98. The molecule has 3 aromatic rings. The van der Waals surface area contributed by atoms with Gasteiger partial charge in [-0.15, -0.1) is 0 Å². The Morgan fingerprint density at radius 3 is 2.83 bits per heavy atom. The van der Waals surface area contributed by atoms with Gasteiger partial charge >= 0.3 is 0 Å². The van der Waals surface area contributed by atoms with Gasteiger partial charge in [-0.25, -0.2) is 15.0 Å². The summed E-state index contributed by atoms with van der Waals surface area (Å²) in [7, 11) is 0. The maximum absolute atomic E-state index is 12.0. The molecule has 114 valence electrons. The molecule has 1 aliphatic rings. The first-order valence-electron chi connectivity index (χ1n) is 7.46. The first-order chi connectivity index (χ1) is 11.2. The third kappa shape index (κ3) is 2.38. The van der Waals surface area contributed by atoms with Crippen LogP contribution in [0.15, 0.2) is 43.0 Å². The van der Waals surface area contributed by atoms with E-state index in [0.717, 1.165) is 40.4 Å². The molecule has 0 aliphatic carbocycles. The summed E-state index contributed by atoms with van der Waals surface area (Å²) in [5.41, 5.74) is 3.54. The fourth-order valence-corrected chi connectivity index (χ4v) is 2.78. The van der Waals surface area contributed by atoms with E-state index in [4.69, 9.17) is 0 Å². The summed E-state index contributed by atoms with van der Waals surface area (Å²) >= 11 is 0. The Labute approximate surface area is 133 Å². The summed E-state index contributed by atoms with van der Waals surface area (Å²) in [6.07, 6.45) is 7.98. The van der Waals surface area contributed by atoms with Crippen molar-refractivity contribution in [2.75, 3.05) is 6.54 Å². The Morgan fingerprint density at radius 2 is 2.00 bits per heavy atom. The van der Waals surface area contributed by atoms with Crippen molar-refractivity contribution < 1.29 is 4.79 Å². The van der Waals surface area contributed by atoms with Crippen molar-refractivity contribution in [1.82, 2.24) is 24.8 Å². The number of carbonyl (C=O) groups is 1. The van der Waals surface area contributed by atoms with Crippen LogP contribution in [0.25, 0.3) is 17.1 Å². The van der Waals surface area contributed by atoms with Crippen LogP contribution >= 0.6 is 0 Å². The van der Waals surface area contributed by atoms with Crippen molar-refractivity contribution in [2.24, 2.45) is 0 Å². The molecule has 1 amide bonds. The largest absolute Gasteiger partial charge is 0.352 e. The van der Waals surface area contributed by atoms with E-state index in [0.29, 0.717) is 6.54 Å². The molecule has 0 radical (unpaired) electrons. The highest BCUT2D eigenvalue weighted by molar-refractivity contribution is 5.97. The van der Waals surface area contributed by atoms with Gasteiger partial charge in [0.2, 0.25) is 0 Å². The van der Waals surface area contributed by atoms with E-state index in [1.54, 1.807) is 18.6 Å². The van der Waals surface area contributed by atoms with E-state index in [-0.39, 0.29) is 5.91 Å². The van der Waals surface area contributed by atoms with Gasteiger partial charge in [0.25, 0.3) is 5.91 Å². The lowest BCUT2D eigenvalue weighted by molar-refractivity contribution is 0.0946. The second-order valence-corrected chi connectivity index (χ2v) is 5.49. The molecule has 0 spiro atoms. The van der Waals surface area contributed by atoms with E-state index in [1.807, 2.05) is 35.9 Å². The van der Waals surface area contributed by atoms with Crippen LogP contribution in [-0.4, -0.2) is 32.0 Å². The van der Waals surface area contributed by atoms with E-state index in [1.165, 1.54) is 0 Å². The number of hydrogen-bond acceptors (Lipinski definition) is 4. The minimum atomic E-state index is -0.0200. The van der Waals surface area contributed by atoms with Crippen LogP contribution in [-0.2, 0) is 6.42 Å². The number of nitrogens with zero attached hydrogens (tertiary/aromatic N) is 4. The summed E-state index contributed by atoms with van der Waals surface area (Å²) in [4.78, 5) is 24.9. The molecule has 1 N–H and O–H groups in total. The molecular weight excluding hydrogens is 290 g/mol. The molecule has 3 heterocycles. The van der Waals surface area contributed by atoms with Crippen molar-refractivity contribution in [2.45, 2.75) is 13.3 Å². The second kappa shape index (κ2) is 5.31. The van der Waals surface area contributed by atoms with Gasteiger partial charge in [0.1, 0.15) is 11.6 Å². The van der Waals surface area contributed by atoms with Gasteiger partial charge in [-0.2, -0.15) is 0 Å². The fourth-order valence-electron chi connectivity index (χ4n) is 2.78. The van der Waals surface area contributed by atoms with E-state index in [2.05, 4.69) is 20.3 Å². The Bertz CT molecular complexity index is 882. The zero-order valence-electron chi connectivity index (χ0n) is 12.7. The molecule has 0 unspecified atom stereocenters. The molecule has 0 bridgehead atoms. The third-order valence-electron chi connectivity index (χ3n) is 3.98. The van der Waals surface area contributed by atoms with Crippen LogP contribution in [0.4, 0.5) is 0 Å². The lowest BCUT2D eigenvalue weighted by atomic mass is 10.00. The zero-order chi connectivity index (χ0) is 15.8. The SMILES string of the molecule is Cc1ncc(-c2nccn2-c2ccc3c(c2)C(=O)NCC3)cn1. The number of amides is 1. The number of hydrogen-bond donors (Lipinski definition) is 1. The molecule has 6 nitrogen and oxygen atoms in total. The molecule has 0 atom stereocenters. The summed E-state index contributed by atoms with van der Waals surface area (Å²) in [5, 5.41) is 2.88. The predicted molar refractivity (Wildman–Crippen MR) is 85.4 cm³/mol. The molecule has 1 aromatic carbocycles. The van der Waals surface area contributed by atoms with Crippen LogP contribution in [0.5, 0.6) is 0 Å². The van der Waals surface area contributed by atoms with E-state index < -0.39 is 0 Å². The number of aromatic nitrogens is 4. The summed E-state index contributed by atoms with van der Waals surface area (Å²) in [5.74, 6) is 1.45. The first kappa shape index (κ1) is 13.6. The van der Waals surface area contributed by atoms with Gasteiger partial charge in [0.05, 0.1) is 5.56 Å². The molecule has 2 aromatic heterocycles. The average molecular weight is 305 g/mol. The number of fused-ring (bicyclic) bond motifs is 1. The highest BCUT2D eigenvalue weighted by Crippen LogP contribution is 2.23. The summed E-state index contributed by atoms with van der Waals surface area (Å²) < 4.78 is 1.94. The highest BCUT2D eigenvalue weighted by Gasteiger charge is 2.18. The minimum Gasteiger partial charge on any atom is -0.352 e. The van der Waals surface area contributed by atoms with Crippen molar-refractivity contribution in [3.8, 4) is 17.1 Å². The van der Waals surface area contributed by atoms with Crippen LogP contribution < -0.4 is 5.32 Å². The number of nitrogens with one attached hydrogen (secondary N) is 1. The van der Waals surface area contributed by atoms with Gasteiger partial charge in [0, 0.05) is 42.6 Å². The van der Waals surface area contributed by atoms with Crippen LogP contribution in [0.3, 0.4) is 0 Å². The van der Waals surface area contributed by atoms with Crippen LogP contribution in [0, 0.1) is 6.92 Å². The lowest BCUT2D eigenvalue weighted by Gasteiger charge is -2.18. The molecule has 6 heteroatoms. The Hall–Kier alpha value is -3.02. The smallest absolute Gasteiger partial charge is 0.251 e. The molecular formula is C17H15N5O. The number of imidazole rings is 1.